The maximum absolute atomic E-state index is 5.33. The summed E-state index contributed by atoms with van der Waals surface area (Å²) in [5.41, 5.74) is 4.32. The number of aryl methyl sites for hydroxylation is 2. The van der Waals surface area contributed by atoms with Crippen LogP contribution in [0.15, 0.2) is 60.8 Å². The highest BCUT2D eigenvalue weighted by molar-refractivity contribution is 5.85. The summed E-state index contributed by atoms with van der Waals surface area (Å²) in [7, 11) is 3.74. The van der Waals surface area contributed by atoms with Gasteiger partial charge in [0.2, 0.25) is 0 Å². The molecule has 1 N–H and O–H groups in total. The van der Waals surface area contributed by atoms with Crippen molar-refractivity contribution in [1.82, 2.24) is 14.5 Å². The number of aromatic nitrogens is 3. The lowest BCUT2D eigenvalue weighted by molar-refractivity contribution is 0.414. The Morgan fingerprint density at radius 2 is 1.89 bits per heavy atom. The second-order valence-corrected chi connectivity index (χ2v) is 7.03. The Morgan fingerprint density at radius 3 is 2.71 bits per heavy atom. The second kappa shape index (κ2) is 7.35. The van der Waals surface area contributed by atoms with Crippen LogP contribution >= 0.6 is 0 Å². The molecule has 5 nitrogen and oxygen atoms in total. The predicted octanol–water partition coefficient (Wildman–Crippen LogP) is 5.13. The number of hydrogen-bond donors (Lipinski definition) is 1. The van der Waals surface area contributed by atoms with Crippen LogP contribution in [0.25, 0.3) is 22.2 Å². The van der Waals surface area contributed by atoms with Crippen LogP contribution in [-0.2, 0) is 7.05 Å². The topological polar surface area (TPSA) is 52.0 Å². The van der Waals surface area contributed by atoms with E-state index >= 15 is 0 Å². The van der Waals surface area contributed by atoms with Crippen LogP contribution in [0.3, 0.4) is 0 Å². The van der Waals surface area contributed by atoms with Gasteiger partial charge in [-0.05, 0) is 49.1 Å². The molecule has 2 aromatic heterocycles. The van der Waals surface area contributed by atoms with Gasteiger partial charge in [0.05, 0.1) is 18.8 Å². The molecule has 4 aromatic rings. The molecule has 0 fully saturated rings. The van der Waals surface area contributed by atoms with Crippen LogP contribution in [0.1, 0.15) is 24.4 Å². The van der Waals surface area contributed by atoms with E-state index < -0.39 is 0 Å². The summed E-state index contributed by atoms with van der Waals surface area (Å²) in [6, 6.07) is 18.7. The van der Waals surface area contributed by atoms with E-state index in [9.17, 15) is 0 Å². The van der Waals surface area contributed by atoms with Crippen molar-refractivity contribution in [3.05, 3.63) is 72.2 Å². The summed E-state index contributed by atoms with van der Waals surface area (Å²) in [5, 5.41) is 4.72. The van der Waals surface area contributed by atoms with Crippen molar-refractivity contribution in [1.29, 1.82) is 0 Å². The second-order valence-electron chi connectivity index (χ2n) is 7.03. The minimum Gasteiger partial charge on any atom is -0.497 e. The number of anilines is 1. The van der Waals surface area contributed by atoms with Gasteiger partial charge in [0.1, 0.15) is 17.4 Å². The van der Waals surface area contributed by atoms with Crippen LogP contribution in [0.5, 0.6) is 5.75 Å². The molecule has 0 saturated carbocycles. The van der Waals surface area contributed by atoms with E-state index in [2.05, 4.69) is 70.4 Å². The molecule has 0 aliphatic heterocycles. The van der Waals surface area contributed by atoms with Gasteiger partial charge in [0, 0.05) is 30.4 Å². The number of rotatable bonds is 5. The largest absolute Gasteiger partial charge is 0.497 e. The minimum absolute atomic E-state index is 0.0904. The summed E-state index contributed by atoms with van der Waals surface area (Å²) in [4.78, 5) is 9.23. The average Bonchev–Trinajstić information content (AvgIpc) is 3.08. The van der Waals surface area contributed by atoms with Gasteiger partial charge < -0.3 is 14.6 Å². The lowest BCUT2D eigenvalue weighted by Crippen LogP contribution is -2.09. The first-order valence-electron chi connectivity index (χ1n) is 9.35. The molecule has 0 aliphatic rings. The summed E-state index contributed by atoms with van der Waals surface area (Å²) in [6.45, 7) is 4.04. The molecule has 0 aliphatic carbocycles. The Morgan fingerprint density at radius 1 is 1.04 bits per heavy atom. The number of hydrogen-bond acceptors (Lipinski definition) is 4. The van der Waals surface area contributed by atoms with Crippen molar-refractivity contribution in [3.8, 4) is 17.0 Å². The monoisotopic (exact) mass is 372 g/mol. The maximum atomic E-state index is 5.33. The van der Waals surface area contributed by atoms with Crippen LogP contribution < -0.4 is 10.1 Å². The first-order valence-corrected chi connectivity index (χ1v) is 9.35. The maximum Gasteiger partial charge on any atom is 0.130 e. The van der Waals surface area contributed by atoms with Crippen LogP contribution in [0.2, 0.25) is 0 Å². The predicted molar refractivity (Wildman–Crippen MR) is 114 cm³/mol. The van der Waals surface area contributed by atoms with Gasteiger partial charge in [0.25, 0.3) is 0 Å². The van der Waals surface area contributed by atoms with Crippen molar-refractivity contribution in [3.63, 3.8) is 0 Å². The number of fused-ring (bicyclic) bond motifs is 1. The summed E-state index contributed by atoms with van der Waals surface area (Å²) < 4.78 is 7.46. The molecule has 142 valence electrons. The normalized spacial score (nSPS) is 12.1. The molecule has 0 saturated heterocycles. The Hall–Kier alpha value is -3.34. The van der Waals surface area contributed by atoms with E-state index in [1.807, 2.05) is 31.2 Å². The third-order valence-electron chi connectivity index (χ3n) is 4.98. The lowest BCUT2D eigenvalue weighted by atomic mass is 10.1. The Kier molecular flexibility index (Phi) is 4.74. The first-order chi connectivity index (χ1) is 13.5. The van der Waals surface area contributed by atoms with Gasteiger partial charge in [-0.15, -0.1) is 0 Å². The SMILES string of the molecule is COc1cccc(C(C)Nc2cc(-c3ccc4ccn(C)c4c3)nc(C)n2)c1. The quantitative estimate of drug-likeness (QED) is 0.528. The number of benzene rings is 2. The zero-order valence-corrected chi connectivity index (χ0v) is 16.6. The molecule has 0 radical (unpaired) electrons. The minimum atomic E-state index is 0.0904. The molecular formula is C23H24N4O. The first kappa shape index (κ1) is 18.0. The van der Waals surface area contributed by atoms with Crippen LogP contribution in [-0.4, -0.2) is 21.6 Å². The number of nitrogens with zero attached hydrogens (tertiary/aromatic N) is 3. The molecule has 1 atom stereocenters. The van der Waals surface area contributed by atoms with Crippen molar-refractivity contribution in [2.24, 2.45) is 7.05 Å². The van der Waals surface area contributed by atoms with Crippen molar-refractivity contribution < 1.29 is 4.74 Å². The van der Waals surface area contributed by atoms with E-state index in [-0.39, 0.29) is 6.04 Å². The van der Waals surface area contributed by atoms with E-state index in [4.69, 9.17) is 4.74 Å². The fourth-order valence-corrected chi connectivity index (χ4v) is 3.43. The summed E-state index contributed by atoms with van der Waals surface area (Å²) in [6.07, 6.45) is 2.07. The highest BCUT2D eigenvalue weighted by atomic mass is 16.5. The molecular weight excluding hydrogens is 348 g/mol. The van der Waals surface area contributed by atoms with E-state index in [0.717, 1.165) is 34.2 Å². The molecule has 1 unspecified atom stereocenters. The molecule has 4 rings (SSSR count). The van der Waals surface area contributed by atoms with Gasteiger partial charge in [-0.2, -0.15) is 0 Å². The van der Waals surface area contributed by atoms with Gasteiger partial charge in [0.15, 0.2) is 0 Å². The zero-order valence-electron chi connectivity index (χ0n) is 16.6. The summed E-state index contributed by atoms with van der Waals surface area (Å²) >= 11 is 0. The zero-order chi connectivity index (χ0) is 19.7. The number of ether oxygens (including phenoxy) is 1. The van der Waals surface area contributed by atoms with E-state index in [1.54, 1.807) is 7.11 Å². The van der Waals surface area contributed by atoms with Crippen molar-refractivity contribution >= 4 is 16.7 Å². The summed E-state index contributed by atoms with van der Waals surface area (Å²) in [5.74, 6) is 2.40. The van der Waals surface area contributed by atoms with Crippen LogP contribution in [0.4, 0.5) is 5.82 Å². The van der Waals surface area contributed by atoms with Crippen LogP contribution in [0, 0.1) is 6.92 Å². The molecule has 28 heavy (non-hydrogen) atoms. The van der Waals surface area contributed by atoms with Crippen molar-refractivity contribution in [2.75, 3.05) is 12.4 Å². The van der Waals surface area contributed by atoms with Gasteiger partial charge >= 0.3 is 0 Å². The van der Waals surface area contributed by atoms with Crippen molar-refractivity contribution in [2.45, 2.75) is 19.9 Å². The highest BCUT2D eigenvalue weighted by Crippen LogP contribution is 2.27. The highest BCUT2D eigenvalue weighted by Gasteiger charge is 2.11. The number of methoxy groups -OCH3 is 1. The van der Waals surface area contributed by atoms with Gasteiger partial charge in [-0.25, -0.2) is 9.97 Å². The Balaban J connectivity index is 1.65. The Labute approximate surface area is 165 Å². The molecule has 5 heteroatoms. The third-order valence-corrected chi connectivity index (χ3v) is 4.98. The smallest absolute Gasteiger partial charge is 0.130 e. The van der Waals surface area contributed by atoms with Gasteiger partial charge in [-0.3, -0.25) is 0 Å². The van der Waals surface area contributed by atoms with Gasteiger partial charge in [-0.1, -0.05) is 24.3 Å². The fourth-order valence-electron chi connectivity index (χ4n) is 3.43. The standard InChI is InChI=1S/C23H24N4O/c1-15(18-6-5-7-20(12-18)28-4)24-23-14-21(25-16(2)26-23)19-9-8-17-10-11-27(3)22(17)13-19/h5-15H,1-4H3,(H,24,25,26). The fraction of sp³-hybridized carbons (Fsp3) is 0.217. The van der Waals surface area contributed by atoms with E-state index in [0.29, 0.717) is 0 Å². The Bertz CT molecular complexity index is 1130. The third kappa shape index (κ3) is 3.56. The molecule has 2 aromatic carbocycles. The number of nitrogens with one attached hydrogen (secondary N) is 1. The molecule has 2 heterocycles. The lowest BCUT2D eigenvalue weighted by Gasteiger charge is -2.17. The average molecular weight is 372 g/mol. The molecule has 0 amide bonds. The molecule has 0 bridgehead atoms. The van der Waals surface area contributed by atoms with E-state index in [1.165, 1.54) is 10.9 Å². The molecule has 0 spiro atoms.